The van der Waals surface area contributed by atoms with Gasteiger partial charge in [-0.3, -0.25) is 0 Å². The summed E-state index contributed by atoms with van der Waals surface area (Å²) in [5.74, 6) is 1.85. The lowest BCUT2D eigenvalue weighted by molar-refractivity contribution is 0.669. The number of hydrogen-bond donors (Lipinski definition) is 0. The van der Waals surface area contributed by atoms with Gasteiger partial charge >= 0.3 is 0 Å². The Morgan fingerprint density at radius 1 is 0.431 bits per heavy atom. The largest absolute Gasteiger partial charge is 0.456 e. The Kier molecular flexibility index (Phi) is 6.89. The summed E-state index contributed by atoms with van der Waals surface area (Å²) < 4.78 is 9.84. The maximum absolute atomic E-state index is 6.45. The van der Waals surface area contributed by atoms with Gasteiger partial charge in [0, 0.05) is 48.4 Å². The van der Waals surface area contributed by atoms with E-state index in [1.807, 2.05) is 72.8 Å². The van der Waals surface area contributed by atoms with E-state index in [-0.39, 0.29) is 0 Å². The number of furan rings is 1. The third kappa shape index (κ3) is 5.03. The van der Waals surface area contributed by atoms with Crippen molar-refractivity contribution in [1.29, 1.82) is 0 Å². The maximum Gasteiger partial charge on any atom is 0.164 e. The summed E-state index contributed by atoms with van der Waals surface area (Å²) in [6, 6.07) is 56.4. The second-order valence-electron chi connectivity index (χ2n) is 12.6. The first kappa shape index (κ1) is 29.5. The van der Waals surface area contributed by atoms with Crippen LogP contribution in [0.3, 0.4) is 0 Å². The van der Waals surface area contributed by atoms with Gasteiger partial charge in [0.15, 0.2) is 17.5 Å². The number of hydrogen-bond acceptors (Lipinski definition) is 4. The highest BCUT2D eigenvalue weighted by molar-refractivity contribution is 9.10. The molecule has 0 spiro atoms. The summed E-state index contributed by atoms with van der Waals surface area (Å²) in [5, 5.41) is 4.37. The zero-order chi connectivity index (χ0) is 33.9. The number of aromatic nitrogens is 4. The van der Waals surface area contributed by atoms with Crippen LogP contribution in [0.1, 0.15) is 0 Å². The Morgan fingerprint density at radius 3 is 1.69 bits per heavy atom. The SMILES string of the molecule is Brc1ccc2c(c1)c1cc(-c3ccc4oc5cccc(-c6nc(-c7ccccc7)nc(-c7ccccc7)n6)c5c4c3)ccc1n2-c1ccccc1. The van der Waals surface area contributed by atoms with E-state index in [0.29, 0.717) is 17.5 Å². The maximum atomic E-state index is 6.45. The lowest BCUT2D eigenvalue weighted by Crippen LogP contribution is -2.00. The highest BCUT2D eigenvalue weighted by Gasteiger charge is 2.19. The monoisotopic (exact) mass is 718 g/mol. The van der Waals surface area contributed by atoms with Crippen LogP contribution in [0.15, 0.2) is 173 Å². The predicted octanol–water partition coefficient (Wildman–Crippen LogP) is 12.3. The van der Waals surface area contributed by atoms with E-state index in [4.69, 9.17) is 19.4 Å². The first-order valence-corrected chi connectivity index (χ1v) is 17.6. The molecule has 6 heteroatoms. The van der Waals surface area contributed by atoms with E-state index < -0.39 is 0 Å². The smallest absolute Gasteiger partial charge is 0.164 e. The van der Waals surface area contributed by atoms with Gasteiger partial charge in [-0.05, 0) is 71.8 Å². The Balaban J connectivity index is 1.17. The topological polar surface area (TPSA) is 56.7 Å². The van der Waals surface area contributed by atoms with Crippen molar-refractivity contribution in [3.63, 3.8) is 0 Å². The van der Waals surface area contributed by atoms with Gasteiger partial charge in [-0.2, -0.15) is 0 Å². The predicted molar refractivity (Wildman–Crippen MR) is 211 cm³/mol. The van der Waals surface area contributed by atoms with Crippen LogP contribution in [0, 0.1) is 0 Å². The lowest BCUT2D eigenvalue weighted by atomic mass is 9.99. The van der Waals surface area contributed by atoms with Gasteiger partial charge in [-0.15, -0.1) is 0 Å². The minimum Gasteiger partial charge on any atom is -0.456 e. The first-order chi connectivity index (χ1) is 25.2. The molecule has 51 heavy (non-hydrogen) atoms. The molecular weight excluding hydrogens is 692 g/mol. The molecule has 0 bridgehead atoms. The van der Waals surface area contributed by atoms with Crippen LogP contribution >= 0.6 is 15.9 Å². The molecule has 0 aliphatic rings. The van der Waals surface area contributed by atoms with Crippen LogP contribution < -0.4 is 0 Å². The minimum atomic E-state index is 0.599. The van der Waals surface area contributed by atoms with Crippen molar-refractivity contribution in [3.05, 3.63) is 168 Å². The second kappa shape index (κ2) is 11.9. The molecule has 3 aromatic heterocycles. The quantitative estimate of drug-likeness (QED) is 0.178. The molecule has 0 unspecified atom stereocenters. The van der Waals surface area contributed by atoms with Gasteiger partial charge in [-0.25, -0.2) is 15.0 Å². The first-order valence-electron chi connectivity index (χ1n) is 16.8. The molecular formula is C45H27BrN4O. The van der Waals surface area contributed by atoms with E-state index in [1.165, 1.54) is 16.3 Å². The lowest BCUT2D eigenvalue weighted by Gasteiger charge is -2.09. The molecule has 0 radical (unpaired) electrons. The van der Waals surface area contributed by atoms with Crippen LogP contribution in [-0.2, 0) is 0 Å². The van der Waals surface area contributed by atoms with Gasteiger partial charge in [0.05, 0.1) is 11.0 Å². The number of halogens is 1. The molecule has 10 rings (SSSR count). The van der Waals surface area contributed by atoms with Gasteiger partial charge < -0.3 is 8.98 Å². The van der Waals surface area contributed by atoms with Crippen LogP contribution in [0.5, 0.6) is 0 Å². The molecule has 0 amide bonds. The zero-order valence-electron chi connectivity index (χ0n) is 27.2. The number of benzene rings is 7. The van der Waals surface area contributed by atoms with E-state index in [1.54, 1.807) is 0 Å². The van der Waals surface area contributed by atoms with Crippen LogP contribution in [0.4, 0.5) is 0 Å². The van der Waals surface area contributed by atoms with Crippen molar-refractivity contribution in [1.82, 2.24) is 19.5 Å². The summed E-state index contributed by atoms with van der Waals surface area (Å²) >= 11 is 3.72. The molecule has 0 atom stereocenters. The molecule has 3 heterocycles. The van der Waals surface area contributed by atoms with Crippen molar-refractivity contribution in [2.45, 2.75) is 0 Å². The van der Waals surface area contributed by atoms with Crippen LogP contribution in [0.25, 0.3) is 94.7 Å². The molecule has 0 aliphatic heterocycles. The number of rotatable bonds is 5. The average molecular weight is 720 g/mol. The third-order valence-electron chi connectivity index (χ3n) is 9.51. The van der Waals surface area contributed by atoms with Gasteiger partial charge in [-0.1, -0.05) is 119 Å². The molecule has 10 aromatic rings. The van der Waals surface area contributed by atoms with Crippen LogP contribution in [-0.4, -0.2) is 19.5 Å². The highest BCUT2D eigenvalue weighted by Crippen LogP contribution is 2.40. The van der Waals surface area contributed by atoms with Crippen molar-refractivity contribution in [3.8, 4) is 51.0 Å². The Hall–Kier alpha value is -6.37. The number of para-hydroxylation sites is 1. The number of nitrogens with zero attached hydrogens (tertiary/aromatic N) is 4. The fourth-order valence-electron chi connectivity index (χ4n) is 7.15. The highest BCUT2D eigenvalue weighted by atomic mass is 79.9. The van der Waals surface area contributed by atoms with Gasteiger partial charge in [0.1, 0.15) is 11.2 Å². The Morgan fingerprint density at radius 2 is 1.00 bits per heavy atom. The molecule has 0 N–H and O–H groups in total. The van der Waals surface area contributed by atoms with E-state index in [2.05, 4.69) is 111 Å². The number of fused-ring (bicyclic) bond motifs is 6. The van der Waals surface area contributed by atoms with Crippen molar-refractivity contribution in [2.24, 2.45) is 0 Å². The van der Waals surface area contributed by atoms with Gasteiger partial charge in [0.25, 0.3) is 0 Å². The fourth-order valence-corrected chi connectivity index (χ4v) is 7.51. The molecule has 7 aromatic carbocycles. The minimum absolute atomic E-state index is 0.599. The average Bonchev–Trinajstić information content (AvgIpc) is 3.73. The molecule has 240 valence electrons. The molecule has 5 nitrogen and oxygen atoms in total. The Labute approximate surface area is 301 Å². The molecule has 0 saturated heterocycles. The summed E-state index contributed by atoms with van der Waals surface area (Å²) in [7, 11) is 0. The van der Waals surface area contributed by atoms with Gasteiger partial charge in [0.2, 0.25) is 0 Å². The third-order valence-corrected chi connectivity index (χ3v) is 10.0. The van der Waals surface area contributed by atoms with Crippen LogP contribution in [0.2, 0.25) is 0 Å². The normalized spacial score (nSPS) is 11.6. The molecule has 0 aliphatic carbocycles. The second-order valence-corrected chi connectivity index (χ2v) is 13.5. The van der Waals surface area contributed by atoms with Crippen molar-refractivity contribution >= 4 is 59.7 Å². The summed E-state index contributed by atoms with van der Waals surface area (Å²) in [5.41, 5.74) is 10.0. The summed E-state index contributed by atoms with van der Waals surface area (Å²) in [4.78, 5) is 15.0. The van der Waals surface area contributed by atoms with E-state index in [9.17, 15) is 0 Å². The molecule has 0 fully saturated rings. The van der Waals surface area contributed by atoms with E-state index >= 15 is 0 Å². The molecule has 0 saturated carbocycles. The zero-order valence-corrected chi connectivity index (χ0v) is 28.7. The summed E-state index contributed by atoms with van der Waals surface area (Å²) in [6.45, 7) is 0. The van der Waals surface area contributed by atoms with Crippen molar-refractivity contribution < 1.29 is 4.42 Å². The standard InChI is InChI=1S/C45H27BrN4O/c46-32-21-23-39-36(27-32)35-25-30(19-22-38(35)50(39)33-15-8-3-9-16-33)31-20-24-40-37(26-31)42-34(17-10-18-41(42)51-40)45-48-43(28-11-4-1-5-12-28)47-44(49-45)29-13-6-2-7-14-29/h1-27H. The fraction of sp³-hybridized carbons (Fsp3) is 0. The Bertz CT molecular complexity index is 2860. The van der Waals surface area contributed by atoms with Crippen molar-refractivity contribution in [2.75, 3.05) is 0 Å². The van der Waals surface area contributed by atoms with E-state index in [0.717, 1.165) is 65.4 Å². The summed E-state index contributed by atoms with van der Waals surface area (Å²) in [6.07, 6.45) is 0.